The number of rotatable bonds is 3. The van der Waals surface area contributed by atoms with Gasteiger partial charge in [0.25, 0.3) is 0 Å². The Bertz CT molecular complexity index is 524. The minimum Gasteiger partial charge on any atom is -0.322 e. The summed E-state index contributed by atoms with van der Waals surface area (Å²) < 4.78 is 13.7. The molecule has 1 heterocycles. The van der Waals surface area contributed by atoms with Gasteiger partial charge in [0.05, 0.1) is 16.2 Å². The van der Waals surface area contributed by atoms with E-state index in [9.17, 15) is 9.18 Å². The van der Waals surface area contributed by atoms with Crippen molar-refractivity contribution in [3.8, 4) is 0 Å². The Morgan fingerprint density at radius 3 is 2.62 bits per heavy atom. The maximum Gasteiger partial charge on any atom is 0.244 e. The Morgan fingerprint density at radius 2 is 2.05 bits per heavy atom. The van der Waals surface area contributed by atoms with Crippen LogP contribution in [-0.4, -0.2) is 42.5 Å². The van der Waals surface area contributed by atoms with Crippen molar-refractivity contribution < 1.29 is 9.18 Å². The van der Waals surface area contributed by atoms with Gasteiger partial charge < -0.3 is 10.6 Å². The van der Waals surface area contributed by atoms with Crippen molar-refractivity contribution >= 4 is 39.1 Å². The minimum absolute atomic E-state index is 0.168. The second kappa shape index (κ2) is 6.60. The number of piperazine rings is 1. The van der Waals surface area contributed by atoms with Gasteiger partial charge in [-0.3, -0.25) is 9.69 Å². The number of amides is 1. The first-order chi connectivity index (χ1) is 9.82. The van der Waals surface area contributed by atoms with Gasteiger partial charge in [-0.2, -0.15) is 0 Å². The summed E-state index contributed by atoms with van der Waals surface area (Å²) in [5.74, 6) is -0.621. The summed E-state index contributed by atoms with van der Waals surface area (Å²) in [4.78, 5) is 14.7. The number of nitrogens with one attached hydrogen (secondary N) is 2. The molecule has 1 fully saturated rings. The Kier molecular flexibility index (Phi) is 5.24. The van der Waals surface area contributed by atoms with E-state index in [4.69, 9.17) is 11.6 Å². The van der Waals surface area contributed by atoms with Gasteiger partial charge in [-0.15, -0.1) is 0 Å². The van der Waals surface area contributed by atoms with E-state index in [2.05, 4.69) is 31.5 Å². The van der Waals surface area contributed by atoms with E-state index in [1.807, 2.05) is 13.8 Å². The lowest BCUT2D eigenvalue weighted by Crippen LogP contribution is -2.58. The fraction of sp³-hybridized carbons (Fsp3) is 0.500. The highest BCUT2D eigenvalue weighted by Crippen LogP contribution is 2.32. The molecule has 1 aromatic carbocycles. The summed E-state index contributed by atoms with van der Waals surface area (Å²) in [6, 6.07) is 2.46. The van der Waals surface area contributed by atoms with Gasteiger partial charge >= 0.3 is 0 Å². The Balaban J connectivity index is 2.17. The van der Waals surface area contributed by atoms with Gasteiger partial charge in [0.2, 0.25) is 5.91 Å². The van der Waals surface area contributed by atoms with Crippen LogP contribution in [0.1, 0.15) is 13.8 Å². The van der Waals surface area contributed by atoms with Crippen molar-refractivity contribution in [1.29, 1.82) is 0 Å². The summed E-state index contributed by atoms with van der Waals surface area (Å²) in [6.07, 6.45) is 0. The molecular formula is C14H18BrClFN3O. The normalized spacial score (nSPS) is 16.8. The molecule has 0 bridgehead atoms. The average molecular weight is 379 g/mol. The second-order valence-electron chi connectivity index (χ2n) is 5.49. The van der Waals surface area contributed by atoms with E-state index in [1.54, 1.807) is 0 Å². The fourth-order valence-corrected chi connectivity index (χ4v) is 3.19. The largest absolute Gasteiger partial charge is 0.322 e. The van der Waals surface area contributed by atoms with E-state index in [0.717, 1.165) is 26.2 Å². The maximum absolute atomic E-state index is 13.2. The number of halogens is 3. The molecule has 1 saturated heterocycles. The highest BCUT2D eigenvalue weighted by Gasteiger charge is 2.35. The summed E-state index contributed by atoms with van der Waals surface area (Å²) in [5.41, 5.74) is -0.273. The number of nitrogens with zero attached hydrogens (tertiary/aromatic N) is 1. The molecule has 1 aliphatic rings. The molecule has 0 aromatic heterocycles. The SMILES string of the molecule is CC(C)(C(=O)Nc1c(Cl)cc(F)cc1Br)N1CCNCC1. The smallest absolute Gasteiger partial charge is 0.244 e. The van der Waals surface area contributed by atoms with Crippen LogP contribution >= 0.6 is 27.5 Å². The zero-order valence-corrected chi connectivity index (χ0v) is 14.3. The number of hydrogen-bond acceptors (Lipinski definition) is 3. The van der Waals surface area contributed by atoms with Crippen LogP contribution in [0.5, 0.6) is 0 Å². The summed E-state index contributed by atoms with van der Waals surface area (Å²) in [7, 11) is 0. The quantitative estimate of drug-likeness (QED) is 0.850. The third kappa shape index (κ3) is 3.74. The fourth-order valence-electron chi connectivity index (χ4n) is 2.30. The van der Waals surface area contributed by atoms with Gasteiger partial charge in [0, 0.05) is 30.7 Å². The molecule has 116 valence electrons. The molecule has 0 saturated carbocycles. The summed E-state index contributed by atoms with van der Waals surface area (Å²) in [5, 5.41) is 6.23. The number of hydrogen-bond donors (Lipinski definition) is 2. The van der Waals surface area contributed by atoms with Crippen LogP contribution in [0.3, 0.4) is 0 Å². The molecular weight excluding hydrogens is 361 g/mol. The van der Waals surface area contributed by atoms with Crippen LogP contribution in [0.25, 0.3) is 0 Å². The molecule has 7 heteroatoms. The van der Waals surface area contributed by atoms with Crippen LogP contribution in [0.2, 0.25) is 5.02 Å². The molecule has 0 unspecified atom stereocenters. The lowest BCUT2D eigenvalue weighted by Gasteiger charge is -2.39. The van der Waals surface area contributed by atoms with Crippen LogP contribution in [0, 0.1) is 5.82 Å². The Hall–Kier alpha value is -0.690. The molecule has 0 atom stereocenters. The number of carbonyl (C=O) groups excluding carboxylic acids is 1. The molecule has 2 rings (SSSR count). The van der Waals surface area contributed by atoms with Crippen LogP contribution in [0.4, 0.5) is 10.1 Å². The zero-order chi connectivity index (χ0) is 15.6. The van der Waals surface area contributed by atoms with Gasteiger partial charge in [-0.25, -0.2) is 4.39 Å². The molecule has 1 amide bonds. The van der Waals surface area contributed by atoms with E-state index >= 15 is 0 Å². The van der Waals surface area contributed by atoms with Crippen LogP contribution in [0.15, 0.2) is 16.6 Å². The molecule has 2 N–H and O–H groups in total. The molecule has 21 heavy (non-hydrogen) atoms. The molecule has 0 spiro atoms. The monoisotopic (exact) mass is 377 g/mol. The molecule has 0 radical (unpaired) electrons. The van der Waals surface area contributed by atoms with Crippen molar-refractivity contribution in [2.45, 2.75) is 19.4 Å². The van der Waals surface area contributed by atoms with Crippen molar-refractivity contribution in [3.63, 3.8) is 0 Å². The van der Waals surface area contributed by atoms with E-state index in [1.165, 1.54) is 12.1 Å². The lowest BCUT2D eigenvalue weighted by molar-refractivity contribution is -0.126. The van der Waals surface area contributed by atoms with Gasteiger partial charge in [-0.1, -0.05) is 11.6 Å². The van der Waals surface area contributed by atoms with E-state index in [0.29, 0.717) is 10.2 Å². The van der Waals surface area contributed by atoms with Crippen LogP contribution < -0.4 is 10.6 Å². The van der Waals surface area contributed by atoms with E-state index < -0.39 is 11.4 Å². The Morgan fingerprint density at radius 1 is 1.43 bits per heavy atom. The van der Waals surface area contributed by atoms with E-state index in [-0.39, 0.29) is 10.9 Å². The first-order valence-electron chi connectivity index (χ1n) is 6.74. The topological polar surface area (TPSA) is 44.4 Å². The van der Waals surface area contributed by atoms with Crippen molar-refractivity contribution in [2.24, 2.45) is 0 Å². The zero-order valence-electron chi connectivity index (χ0n) is 12.0. The lowest BCUT2D eigenvalue weighted by atomic mass is 10.0. The number of anilines is 1. The third-order valence-corrected chi connectivity index (χ3v) is 4.63. The first kappa shape index (κ1) is 16.7. The summed E-state index contributed by atoms with van der Waals surface area (Å²) >= 11 is 9.23. The number of benzene rings is 1. The van der Waals surface area contributed by atoms with Crippen molar-refractivity contribution in [3.05, 3.63) is 27.4 Å². The minimum atomic E-state index is -0.667. The van der Waals surface area contributed by atoms with Gasteiger partial charge in [0.1, 0.15) is 5.82 Å². The third-order valence-electron chi connectivity index (χ3n) is 3.71. The van der Waals surface area contributed by atoms with Crippen molar-refractivity contribution in [1.82, 2.24) is 10.2 Å². The average Bonchev–Trinajstić information content (AvgIpc) is 2.43. The Labute approximate surface area is 137 Å². The molecule has 4 nitrogen and oxygen atoms in total. The summed E-state index contributed by atoms with van der Waals surface area (Å²) in [6.45, 7) is 7.07. The van der Waals surface area contributed by atoms with Crippen molar-refractivity contribution in [2.75, 3.05) is 31.5 Å². The maximum atomic E-state index is 13.2. The molecule has 1 aliphatic heterocycles. The molecule has 0 aliphatic carbocycles. The first-order valence-corrected chi connectivity index (χ1v) is 7.91. The number of carbonyl (C=O) groups is 1. The highest BCUT2D eigenvalue weighted by atomic mass is 79.9. The standard InChI is InChI=1S/C14H18BrClFN3O/c1-14(2,20-5-3-18-4-6-20)13(21)19-12-10(15)7-9(17)8-11(12)16/h7-8,18H,3-6H2,1-2H3,(H,19,21). The predicted octanol–water partition coefficient (Wildman–Crippen LogP) is 2.86. The van der Waals surface area contributed by atoms with Gasteiger partial charge in [-0.05, 0) is 41.9 Å². The predicted molar refractivity (Wildman–Crippen MR) is 86.3 cm³/mol. The second-order valence-corrected chi connectivity index (χ2v) is 6.76. The highest BCUT2D eigenvalue weighted by molar-refractivity contribution is 9.10. The molecule has 1 aromatic rings. The van der Waals surface area contributed by atoms with Crippen LogP contribution in [-0.2, 0) is 4.79 Å². The van der Waals surface area contributed by atoms with Gasteiger partial charge in [0.15, 0.2) is 0 Å².